The first-order valence-corrected chi connectivity index (χ1v) is 18.6. The summed E-state index contributed by atoms with van der Waals surface area (Å²) in [5.74, 6) is -5.46. The number of hydrogen-bond donors (Lipinski definition) is 1. The first-order valence-electron chi connectivity index (χ1n) is 10.5. The molecule has 2 aromatic rings. The van der Waals surface area contributed by atoms with Crippen LogP contribution >= 0.6 is 136 Å². The van der Waals surface area contributed by atoms with E-state index in [0.29, 0.717) is 21.4 Å². The molecule has 41 heavy (non-hydrogen) atoms. The zero-order valence-electron chi connectivity index (χ0n) is 20.0. The molecule has 0 aliphatic rings. The molecule has 2 rings (SSSR count). The van der Waals surface area contributed by atoms with E-state index in [4.69, 9.17) is 14.0 Å². The van der Waals surface area contributed by atoms with Crippen LogP contribution in [-0.2, 0) is 29.1 Å². The summed E-state index contributed by atoms with van der Waals surface area (Å²) in [4.78, 5) is 39.0. The van der Waals surface area contributed by atoms with Gasteiger partial charge < -0.3 is 14.2 Å². The SMILES string of the molecule is CC(COC(=O)c1c(I)ccc(I)c1I)(COC(=O)c1c(I)ccc(I)c1I)C(=O)OC(CS(=O)(=O)O)C(F)(F)F. The van der Waals surface area contributed by atoms with Crippen LogP contribution in [0.3, 0.4) is 0 Å². The molecule has 0 heterocycles. The number of esters is 3. The van der Waals surface area contributed by atoms with E-state index >= 15 is 0 Å². The van der Waals surface area contributed by atoms with Crippen LogP contribution in [-0.4, -0.2) is 62.1 Å². The monoisotopic (exact) mass is 1270 g/mol. The predicted octanol–water partition coefficient (Wildman–Crippen LogP) is 6.70. The standard InChI is InChI=1S/C22H15F3I6O9S/c1-21(20(34)40-13(22(23,24)25)6-41(35,36)37,7-38-18(32)14-9(26)2-4-11(28)16(14)30)8-39-19(33)15-10(27)3-5-12(29)17(15)31/h2-5,13H,6-8H2,1H3,(H,35,36,37). The molecule has 1 atom stereocenters. The van der Waals surface area contributed by atoms with Gasteiger partial charge in [-0.1, -0.05) is 0 Å². The molecule has 0 aliphatic heterocycles. The Hall–Kier alpha value is 0.930. The molecule has 226 valence electrons. The molecule has 0 aliphatic carbocycles. The van der Waals surface area contributed by atoms with Gasteiger partial charge in [0.2, 0.25) is 6.10 Å². The van der Waals surface area contributed by atoms with Crippen molar-refractivity contribution in [1.29, 1.82) is 0 Å². The van der Waals surface area contributed by atoms with E-state index in [1.54, 1.807) is 24.3 Å². The minimum atomic E-state index is -5.38. The van der Waals surface area contributed by atoms with Crippen LogP contribution in [0, 0.1) is 26.8 Å². The van der Waals surface area contributed by atoms with Crippen molar-refractivity contribution in [1.82, 2.24) is 0 Å². The van der Waals surface area contributed by atoms with Gasteiger partial charge in [-0.15, -0.1) is 0 Å². The number of alkyl halides is 3. The first kappa shape index (κ1) is 38.1. The summed E-state index contributed by atoms with van der Waals surface area (Å²) in [5, 5.41) is 0. The van der Waals surface area contributed by atoms with Crippen molar-refractivity contribution in [3.05, 3.63) is 56.8 Å². The molecule has 0 radical (unpaired) electrons. The van der Waals surface area contributed by atoms with Gasteiger partial charge in [0.15, 0.2) is 0 Å². The van der Waals surface area contributed by atoms with Gasteiger partial charge in [0.05, 0.1) is 11.1 Å². The van der Waals surface area contributed by atoms with E-state index < -0.39 is 64.7 Å². The van der Waals surface area contributed by atoms with Gasteiger partial charge in [-0.2, -0.15) is 21.6 Å². The Morgan fingerprint density at radius 1 is 0.805 bits per heavy atom. The van der Waals surface area contributed by atoms with Gasteiger partial charge in [0, 0.05) is 21.4 Å². The van der Waals surface area contributed by atoms with Crippen LogP contribution in [0.1, 0.15) is 27.6 Å². The second-order valence-electron chi connectivity index (χ2n) is 8.33. The van der Waals surface area contributed by atoms with Crippen molar-refractivity contribution in [3.63, 3.8) is 0 Å². The highest BCUT2D eigenvalue weighted by molar-refractivity contribution is 14.1. The van der Waals surface area contributed by atoms with Crippen LogP contribution in [0.5, 0.6) is 0 Å². The van der Waals surface area contributed by atoms with Gasteiger partial charge in [-0.3, -0.25) is 9.35 Å². The Bertz CT molecular complexity index is 1390. The number of halogens is 9. The van der Waals surface area contributed by atoms with Crippen molar-refractivity contribution in [2.24, 2.45) is 5.41 Å². The van der Waals surface area contributed by atoms with Crippen molar-refractivity contribution in [3.8, 4) is 0 Å². The van der Waals surface area contributed by atoms with Gasteiger partial charge in [0.25, 0.3) is 10.1 Å². The fourth-order valence-corrected chi connectivity index (χ4v) is 8.13. The summed E-state index contributed by atoms with van der Waals surface area (Å²) in [7, 11) is -5.22. The van der Waals surface area contributed by atoms with Crippen LogP contribution < -0.4 is 0 Å². The van der Waals surface area contributed by atoms with E-state index in [0.717, 1.165) is 6.92 Å². The van der Waals surface area contributed by atoms with E-state index in [1.807, 2.05) is 136 Å². The second-order valence-corrected chi connectivity index (χ2v) is 16.6. The van der Waals surface area contributed by atoms with E-state index in [2.05, 4.69) is 4.74 Å². The highest BCUT2D eigenvalue weighted by Crippen LogP contribution is 2.31. The predicted molar refractivity (Wildman–Crippen MR) is 190 cm³/mol. The summed E-state index contributed by atoms with van der Waals surface area (Å²) in [6, 6.07) is 6.79. The Kier molecular flexibility index (Phi) is 14.4. The third-order valence-corrected chi connectivity index (χ3v) is 13.6. The maximum atomic E-state index is 13.5. The smallest absolute Gasteiger partial charge is 0.426 e. The molecule has 0 spiro atoms. The van der Waals surface area contributed by atoms with E-state index in [9.17, 15) is 36.0 Å². The molecular formula is C22H15F3I6O9S. The minimum Gasteiger partial charge on any atom is -0.461 e. The molecule has 19 heteroatoms. The van der Waals surface area contributed by atoms with Gasteiger partial charge >= 0.3 is 24.1 Å². The fourth-order valence-electron chi connectivity index (χ4n) is 2.84. The summed E-state index contributed by atoms with van der Waals surface area (Å²) in [5.41, 5.74) is -1.92. The Balaban J connectivity index is 2.42. The fraction of sp³-hybridized carbons (Fsp3) is 0.318. The van der Waals surface area contributed by atoms with Gasteiger partial charge in [0.1, 0.15) is 24.4 Å². The highest BCUT2D eigenvalue weighted by atomic mass is 127. The van der Waals surface area contributed by atoms with Crippen molar-refractivity contribution >= 4 is 164 Å². The molecule has 1 N–H and O–H groups in total. The average Bonchev–Trinajstić information content (AvgIpc) is 2.84. The first-order chi connectivity index (χ1) is 18.7. The van der Waals surface area contributed by atoms with Crippen LogP contribution in [0.2, 0.25) is 0 Å². The van der Waals surface area contributed by atoms with Crippen molar-refractivity contribution in [2.45, 2.75) is 19.2 Å². The largest absolute Gasteiger partial charge is 0.461 e. The maximum Gasteiger partial charge on any atom is 0.426 e. The minimum absolute atomic E-state index is 0.147. The summed E-state index contributed by atoms with van der Waals surface area (Å²) in [6.07, 6.45) is -8.62. The summed E-state index contributed by atoms with van der Waals surface area (Å²) >= 11 is 11.6. The molecule has 0 bridgehead atoms. The second kappa shape index (κ2) is 15.5. The molecule has 9 nitrogen and oxygen atoms in total. The highest BCUT2D eigenvalue weighted by Gasteiger charge is 2.49. The topological polar surface area (TPSA) is 133 Å². The number of carbonyl (C=O) groups is 3. The summed E-state index contributed by atoms with van der Waals surface area (Å²) < 4.78 is 90.4. The zero-order chi connectivity index (χ0) is 31.5. The molecule has 2 aromatic carbocycles. The molecule has 0 saturated carbocycles. The van der Waals surface area contributed by atoms with Crippen LogP contribution in [0.4, 0.5) is 13.2 Å². The van der Waals surface area contributed by atoms with E-state index in [1.165, 1.54) is 0 Å². The molecule has 0 amide bonds. The third-order valence-electron chi connectivity index (χ3n) is 5.01. The lowest BCUT2D eigenvalue weighted by atomic mass is 9.93. The quantitative estimate of drug-likeness (QED) is 0.0909. The molecule has 0 aromatic heterocycles. The Morgan fingerprint density at radius 2 is 1.17 bits per heavy atom. The maximum absolute atomic E-state index is 13.5. The molecule has 0 saturated heterocycles. The number of hydrogen-bond acceptors (Lipinski definition) is 8. The van der Waals surface area contributed by atoms with Gasteiger partial charge in [-0.05, 0) is 167 Å². The third kappa shape index (κ3) is 10.8. The number of rotatable bonds is 10. The number of carbonyl (C=O) groups excluding carboxylic acids is 3. The van der Waals surface area contributed by atoms with Crippen molar-refractivity contribution in [2.75, 3.05) is 19.0 Å². The lowest BCUT2D eigenvalue weighted by Gasteiger charge is -2.29. The van der Waals surface area contributed by atoms with Crippen LogP contribution in [0.25, 0.3) is 0 Å². The lowest BCUT2D eigenvalue weighted by Crippen LogP contribution is -2.46. The van der Waals surface area contributed by atoms with Gasteiger partial charge in [-0.25, -0.2) is 9.59 Å². The molecule has 0 fully saturated rings. The van der Waals surface area contributed by atoms with Crippen LogP contribution in [0.15, 0.2) is 24.3 Å². The lowest BCUT2D eigenvalue weighted by molar-refractivity contribution is -0.222. The summed E-state index contributed by atoms with van der Waals surface area (Å²) in [6.45, 7) is -0.759. The number of benzene rings is 2. The Morgan fingerprint density at radius 3 is 1.51 bits per heavy atom. The normalized spacial score (nSPS) is 13.0. The van der Waals surface area contributed by atoms with E-state index in [-0.39, 0.29) is 11.1 Å². The zero-order valence-corrected chi connectivity index (χ0v) is 33.8. The van der Waals surface area contributed by atoms with Crippen molar-refractivity contribution < 1.29 is 54.7 Å². The number of ether oxygens (including phenoxy) is 3. The average molecular weight is 1270 g/mol. The molecular weight excluding hydrogens is 1260 g/mol. The molecule has 1 unspecified atom stereocenters. The Labute approximate surface area is 314 Å².